The van der Waals surface area contributed by atoms with Crippen molar-refractivity contribution in [2.75, 3.05) is 6.61 Å². The van der Waals surface area contributed by atoms with Crippen molar-refractivity contribution in [2.24, 2.45) is 28.6 Å². The smallest absolute Gasteiger partial charge is 0.331 e. The van der Waals surface area contributed by atoms with Crippen molar-refractivity contribution in [3.63, 3.8) is 0 Å². The van der Waals surface area contributed by atoms with Gasteiger partial charge >= 0.3 is 5.97 Å². The number of aliphatic hydroxyl groups is 2. The van der Waals surface area contributed by atoms with Gasteiger partial charge in [0.05, 0.1) is 17.1 Å². The molecule has 0 radical (unpaired) electrons. The number of fused-ring (bicyclic) bond motifs is 5. The molecular weight excluding hydrogens is 356 g/mol. The van der Waals surface area contributed by atoms with Crippen molar-refractivity contribution in [3.8, 4) is 0 Å². The Bertz CT molecular complexity index is 784. The van der Waals surface area contributed by atoms with E-state index >= 15 is 0 Å². The molecule has 0 aromatic heterocycles. The fourth-order valence-corrected chi connectivity index (χ4v) is 7.72. The average Bonchev–Trinajstić information content (AvgIpc) is 3.22. The third-order valence-corrected chi connectivity index (χ3v) is 9.21. The molecule has 0 aromatic carbocycles. The summed E-state index contributed by atoms with van der Waals surface area (Å²) in [5, 5.41) is 22.2. The first kappa shape index (κ1) is 18.6. The van der Waals surface area contributed by atoms with Crippen LogP contribution in [0.3, 0.4) is 0 Å². The van der Waals surface area contributed by atoms with Crippen LogP contribution >= 0.6 is 0 Å². The van der Waals surface area contributed by atoms with Gasteiger partial charge in [-0.1, -0.05) is 18.6 Å². The number of rotatable bonds is 2. The minimum absolute atomic E-state index is 0.0547. The Morgan fingerprint density at radius 1 is 1.18 bits per heavy atom. The number of carbonyl (C=O) groups is 2. The molecule has 28 heavy (non-hydrogen) atoms. The maximum Gasteiger partial charge on any atom is 0.331 e. The van der Waals surface area contributed by atoms with Gasteiger partial charge in [0, 0.05) is 11.5 Å². The van der Waals surface area contributed by atoms with Crippen LogP contribution in [0.5, 0.6) is 0 Å². The monoisotopic (exact) mass is 386 g/mol. The second-order valence-corrected chi connectivity index (χ2v) is 10.0. The summed E-state index contributed by atoms with van der Waals surface area (Å²) in [6, 6.07) is 0. The predicted molar refractivity (Wildman–Crippen MR) is 102 cm³/mol. The largest absolute Gasteiger partial charge is 0.458 e. The van der Waals surface area contributed by atoms with E-state index in [1.807, 2.05) is 0 Å². The Labute approximate surface area is 165 Å². The summed E-state index contributed by atoms with van der Waals surface area (Å²) >= 11 is 0. The molecule has 1 aliphatic heterocycles. The highest BCUT2D eigenvalue weighted by atomic mass is 16.5. The molecule has 3 fully saturated rings. The van der Waals surface area contributed by atoms with Crippen LogP contribution in [-0.4, -0.2) is 40.8 Å². The Balaban J connectivity index is 1.52. The summed E-state index contributed by atoms with van der Waals surface area (Å²) in [6.45, 7) is 2.53. The zero-order valence-corrected chi connectivity index (χ0v) is 16.5. The normalized spacial score (nSPS) is 50.0. The second-order valence-electron chi connectivity index (χ2n) is 10.0. The van der Waals surface area contributed by atoms with E-state index in [-0.39, 0.29) is 35.2 Å². The van der Waals surface area contributed by atoms with Crippen LogP contribution in [0.25, 0.3) is 0 Å². The number of ether oxygens (including phenoxy) is 1. The van der Waals surface area contributed by atoms with E-state index in [0.717, 1.165) is 43.1 Å². The van der Waals surface area contributed by atoms with Crippen LogP contribution in [0.1, 0.15) is 58.3 Å². The van der Waals surface area contributed by atoms with Crippen molar-refractivity contribution >= 4 is 12.3 Å². The van der Waals surface area contributed by atoms with Gasteiger partial charge in [-0.05, 0) is 74.7 Å². The van der Waals surface area contributed by atoms with Gasteiger partial charge in [-0.15, -0.1) is 0 Å². The molecule has 2 N–H and O–H groups in total. The zero-order valence-electron chi connectivity index (χ0n) is 16.5. The summed E-state index contributed by atoms with van der Waals surface area (Å²) in [4.78, 5) is 24.0. The molecule has 0 unspecified atom stereocenters. The van der Waals surface area contributed by atoms with E-state index in [2.05, 4.69) is 13.0 Å². The summed E-state index contributed by atoms with van der Waals surface area (Å²) in [5.41, 5.74) is 0.489. The molecule has 0 saturated heterocycles. The molecule has 5 nitrogen and oxygen atoms in total. The molecule has 5 aliphatic rings. The number of aliphatic hydroxyl groups excluding tert-OH is 1. The Morgan fingerprint density at radius 2 is 2.00 bits per heavy atom. The Kier molecular flexibility index (Phi) is 3.99. The predicted octanol–water partition coefficient (Wildman–Crippen LogP) is 2.70. The van der Waals surface area contributed by atoms with Crippen molar-refractivity contribution in [1.29, 1.82) is 0 Å². The quantitative estimate of drug-likeness (QED) is 0.433. The van der Waals surface area contributed by atoms with Gasteiger partial charge in [0.2, 0.25) is 0 Å². The van der Waals surface area contributed by atoms with E-state index in [1.54, 1.807) is 6.08 Å². The van der Waals surface area contributed by atoms with Gasteiger partial charge in [-0.2, -0.15) is 0 Å². The molecule has 0 aromatic rings. The van der Waals surface area contributed by atoms with E-state index in [4.69, 9.17) is 4.74 Å². The van der Waals surface area contributed by atoms with E-state index < -0.39 is 11.0 Å². The summed E-state index contributed by atoms with van der Waals surface area (Å²) in [5.74, 6) is 0.0908. The highest BCUT2D eigenvalue weighted by Crippen LogP contribution is 2.68. The minimum Gasteiger partial charge on any atom is -0.458 e. The Morgan fingerprint density at radius 3 is 2.71 bits per heavy atom. The van der Waals surface area contributed by atoms with Crippen molar-refractivity contribution in [3.05, 3.63) is 23.3 Å². The molecule has 5 rings (SSSR count). The van der Waals surface area contributed by atoms with Gasteiger partial charge in [0.15, 0.2) is 0 Å². The lowest BCUT2D eigenvalue weighted by atomic mass is 9.45. The lowest BCUT2D eigenvalue weighted by Gasteiger charge is -2.60. The van der Waals surface area contributed by atoms with Crippen molar-refractivity contribution < 1.29 is 24.5 Å². The zero-order chi connectivity index (χ0) is 19.7. The molecular formula is C23H30O5. The molecule has 0 amide bonds. The highest BCUT2D eigenvalue weighted by molar-refractivity contribution is 5.85. The van der Waals surface area contributed by atoms with Gasteiger partial charge in [-0.3, -0.25) is 0 Å². The first-order chi connectivity index (χ1) is 13.3. The summed E-state index contributed by atoms with van der Waals surface area (Å²) in [6.07, 6.45) is 10.6. The molecule has 7 atom stereocenters. The van der Waals surface area contributed by atoms with Crippen molar-refractivity contribution in [1.82, 2.24) is 0 Å². The topological polar surface area (TPSA) is 83.8 Å². The van der Waals surface area contributed by atoms with Crippen LogP contribution in [-0.2, 0) is 14.3 Å². The van der Waals surface area contributed by atoms with Crippen LogP contribution in [0.15, 0.2) is 23.3 Å². The number of aldehydes is 1. The van der Waals surface area contributed by atoms with E-state index in [9.17, 15) is 19.8 Å². The lowest BCUT2D eigenvalue weighted by molar-refractivity contribution is -0.178. The van der Waals surface area contributed by atoms with Crippen LogP contribution in [0, 0.1) is 28.6 Å². The summed E-state index contributed by atoms with van der Waals surface area (Å²) in [7, 11) is 0. The SMILES string of the molecule is C[C@]12CC[C@@H]3[C@H](CC=C4C[C@H](O)CC[C@]43C=O)[C@@]1(O)CC[C@H]2C1=CC(=O)OC1. The fourth-order valence-electron chi connectivity index (χ4n) is 7.72. The van der Waals surface area contributed by atoms with Gasteiger partial charge < -0.3 is 19.7 Å². The molecule has 5 heteroatoms. The second kappa shape index (κ2) is 6.02. The highest BCUT2D eigenvalue weighted by Gasteiger charge is 2.67. The lowest BCUT2D eigenvalue weighted by Crippen LogP contribution is -2.61. The summed E-state index contributed by atoms with van der Waals surface area (Å²) < 4.78 is 5.16. The molecule has 0 bridgehead atoms. The number of hydrogen-bond acceptors (Lipinski definition) is 5. The molecule has 3 saturated carbocycles. The van der Waals surface area contributed by atoms with Crippen LogP contribution in [0.4, 0.5) is 0 Å². The number of cyclic esters (lactones) is 1. The number of esters is 1. The fraction of sp³-hybridized carbons (Fsp3) is 0.739. The third-order valence-electron chi connectivity index (χ3n) is 9.21. The minimum atomic E-state index is -0.832. The maximum atomic E-state index is 12.4. The maximum absolute atomic E-state index is 12.4. The van der Waals surface area contributed by atoms with E-state index in [1.165, 1.54) is 0 Å². The standard InChI is InChI=1S/C23H30O5/c1-21-7-5-18-19(3-2-15-11-16(25)4-8-22(15,18)13-24)23(21,27)9-6-17(21)14-10-20(26)28-12-14/h2,10,13,16-19,25,27H,3-9,11-12H2,1H3/t16-,17+,18-,19+,21-,22+,23+/m1/s1. The third kappa shape index (κ3) is 2.20. The first-order valence-electron chi connectivity index (χ1n) is 10.8. The number of carbonyl (C=O) groups excluding carboxylic acids is 2. The molecule has 1 heterocycles. The number of hydrogen-bond donors (Lipinski definition) is 2. The average molecular weight is 386 g/mol. The van der Waals surface area contributed by atoms with Crippen LogP contribution in [0.2, 0.25) is 0 Å². The number of allylic oxidation sites excluding steroid dienone is 1. The van der Waals surface area contributed by atoms with Crippen LogP contribution < -0.4 is 0 Å². The molecule has 0 spiro atoms. The van der Waals surface area contributed by atoms with Gasteiger partial charge in [-0.25, -0.2) is 4.79 Å². The molecule has 152 valence electrons. The molecule has 4 aliphatic carbocycles. The van der Waals surface area contributed by atoms with Gasteiger partial charge in [0.25, 0.3) is 0 Å². The Hall–Kier alpha value is -1.46. The van der Waals surface area contributed by atoms with Crippen molar-refractivity contribution in [2.45, 2.75) is 70.0 Å². The van der Waals surface area contributed by atoms with Gasteiger partial charge in [0.1, 0.15) is 12.9 Å². The first-order valence-corrected chi connectivity index (χ1v) is 10.8. The van der Waals surface area contributed by atoms with E-state index in [0.29, 0.717) is 32.3 Å².